The molecule has 1 aromatic heterocycles. The van der Waals surface area contributed by atoms with Crippen LogP contribution in [0.3, 0.4) is 0 Å². The van der Waals surface area contributed by atoms with Gasteiger partial charge >= 0.3 is 0 Å². The zero-order chi connectivity index (χ0) is 17.1. The van der Waals surface area contributed by atoms with E-state index in [1.807, 2.05) is 6.07 Å². The lowest BCUT2D eigenvalue weighted by atomic mass is 10.2. The highest BCUT2D eigenvalue weighted by Crippen LogP contribution is 2.24. The van der Waals surface area contributed by atoms with Gasteiger partial charge in [-0.05, 0) is 36.2 Å². The van der Waals surface area contributed by atoms with Crippen LogP contribution in [0.1, 0.15) is 17.0 Å². The number of rotatable bonds is 5. The van der Waals surface area contributed by atoms with Crippen LogP contribution < -0.4 is 10.2 Å². The molecule has 1 atom stereocenters. The molecule has 0 amide bonds. The Labute approximate surface area is 150 Å². The zero-order valence-corrected chi connectivity index (χ0v) is 14.5. The number of benzene rings is 2. The molecule has 6 heteroatoms. The number of anilines is 2. The molecule has 0 spiro atoms. The van der Waals surface area contributed by atoms with Crippen LogP contribution in [0.25, 0.3) is 0 Å². The Morgan fingerprint density at radius 1 is 1.08 bits per heavy atom. The number of hydrogen-bond acceptors (Lipinski definition) is 5. The molecule has 25 heavy (non-hydrogen) atoms. The summed E-state index contributed by atoms with van der Waals surface area (Å²) in [6.07, 6.45) is 1.77. The van der Waals surface area contributed by atoms with Gasteiger partial charge in [-0.3, -0.25) is 0 Å². The van der Waals surface area contributed by atoms with Gasteiger partial charge in [-0.25, -0.2) is 4.39 Å². The summed E-state index contributed by atoms with van der Waals surface area (Å²) in [4.78, 5) is 2.39. The van der Waals surface area contributed by atoms with Crippen molar-refractivity contribution in [2.45, 2.75) is 18.9 Å². The SMILES string of the molecule is Fc1ccc(Cc2nnc(NC3CCN(c4ccccc4)C3)s2)cc1. The molecule has 1 aliphatic rings. The molecule has 0 saturated carbocycles. The van der Waals surface area contributed by atoms with Crippen molar-refractivity contribution >= 4 is 22.2 Å². The second kappa shape index (κ2) is 7.19. The average molecular weight is 354 g/mol. The number of hydrogen-bond donors (Lipinski definition) is 1. The van der Waals surface area contributed by atoms with E-state index >= 15 is 0 Å². The number of nitrogens with one attached hydrogen (secondary N) is 1. The normalized spacial score (nSPS) is 17.0. The average Bonchev–Trinajstić information content (AvgIpc) is 3.28. The highest BCUT2D eigenvalue weighted by atomic mass is 32.1. The van der Waals surface area contributed by atoms with Gasteiger partial charge in [0.25, 0.3) is 0 Å². The highest BCUT2D eigenvalue weighted by Gasteiger charge is 2.23. The van der Waals surface area contributed by atoms with Crippen molar-refractivity contribution in [2.24, 2.45) is 0 Å². The van der Waals surface area contributed by atoms with Crippen molar-refractivity contribution in [1.29, 1.82) is 0 Å². The minimum atomic E-state index is -0.215. The quantitative estimate of drug-likeness (QED) is 0.753. The molecule has 4 nitrogen and oxygen atoms in total. The molecule has 2 heterocycles. The first-order valence-corrected chi connectivity index (χ1v) is 9.21. The van der Waals surface area contributed by atoms with Crippen molar-refractivity contribution in [2.75, 3.05) is 23.3 Å². The molecule has 1 unspecified atom stereocenters. The topological polar surface area (TPSA) is 41.1 Å². The van der Waals surface area contributed by atoms with Gasteiger partial charge in [-0.15, -0.1) is 10.2 Å². The maximum Gasteiger partial charge on any atom is 0.205 e. The molecule has 128 valence electrons. The molecule has 0 radical (unpaired) electrons. The van der Waals surface area contributed by atoms with Gasteiger partial charge in [0.1, 0.15) is 10.8 Å². The molecule has 0 aliphatic carbocycles. The molecule has 1 aliphatic heterocycles. The van der Waals surface area contributed by atoms with E-state index in [0.29, 0.717) is 12.5 Å². The van der Waals surface area contributed by atoms with E-state index in [-0.39, 0.29) is 5.82 Å². The van der Waals surface area contributed by atoms with Gasteiger partial charge in [0.05, 0.1) is 0 Å². The Kier molecular flexibility index (Phi) is 4.61. The first-order chi connectivity index (χ1) is 12.3. The molecule has 3 aromatic rings. The second-order valence-corrected chi connectivity index (χ2v) is 7.28. The van der Waals surface area contributed by atoms with Crippen LogP contribution in [0.4, 0.5) is 15.2 Å². The summed E-state index contributed by atoms with van der Waals surface area (Å²) in [5.41, 5.74) is 2.31. The van der Waals surface area contributed by atoms with E-state index < -0.39 is 0 Å². The summed E-state index contributed by atoms with van der Waals surface area (Å²) in [5.74, 6) is -0.215. The molecular weight excluding hydrogens is 335 g/mol. The van der Waals surface area contributed by atoms with E-state index in [9.17, 15) is 4.39 Å². The van der Waals surface area contributed by atoms with Crippen molar-refractivity contribution in [1.82, 2.24) is 10.2 Å². The fourth-order valence-corrected chi connectivity index (χ4v) is 3.94. The minimum Gasteiger partial charge on any atom is -0.369 e. The van der Waals surface area contributed by atoms with Crippen molar-refractivity contribution in [3.8, 4) is 0 Å². The van der Waals surface area contributed by atoms with Crippen molar-refractivity contribution in [3.05, 3.63) is 71.0 Å². The Hall–Kier alpha value is -2.47. The summed E-state index contributed by atoms with van der Waals surface area (Å²) in [6.45, 7) is 2.01. The third-order valence-electron chi connectivity index (χ3n) is 4.37. The highest BCUT2D eigenvalue weighted by molar-refractivity contribution is 7.15. The third-order valence-corrected chi connectivity index (χ3v) is 5.23. The van der Waals surface area contributed by atoms with Crippen LogP contribution in [0, 0.1) is 5.82 Å². The van der Waals surface area contributed by atoms with Gasteiger partial charge in [-0.2, -0.15) is 0 Å². The van der Waals surface area contributed by atoms with Crippen LogP contribution in [0.5, 0.6) is 0 Å². The largest absolute Gasteiger partial charge is 0.369 e. The van der Waals surface area contributed by atoms with E-state index in [2.05, 4.69) is 44.7 Å². The van der Waals surface area contributed by atoms with Crippen molar-refractivity contribution < 1.29 is 4.39 Å². The maximum atomic E-state index is 13.0. The lowest BCUT2D eigenvalue weighted by Gasteiger charge is -2.18. The van der Waals surface area contributed by atoms with Crippen LogP contribution in [-0.2, 0) is 6.42 Å². The van der Waals surface area contributed by atoms with Gasteiger partial charge < -0.3 is 10.2 Å². The van der Waals surface area contributed by atoms with Crippen molar-refractivity contribution in [3.63, 3.8) is 0 Å². The lowest BCUT2D eigenvalue weighted by molar-refractivity contribution is 0.627. The first-order valence-electron chi connectivity index (χ1n) is 8.39. The number of nitrogens with zero attached hydrogens (tertiary/aromatic N) is 3. The van der Waals surface area contributed by atoms with Crippen LogP contribution >= 0.6 is 11.3 Å². The third kappa shape index (κ3) is 3.96. The molecule has 1 N–H and O–H groups in total. The molecule has 1 fully saturated rings. The van der Waals surface area contributed by atoms with Gasteiger partial charge in [0, 0.05) is 31.2 Å². The van der Waals surface area contributed by atoms with Gasteiger partial charge in [0.15, 0.2) is 0 Å². The molecular formula is C19H19FN4S. The fraction of sp³-hybridized carbons (Fsp3) is 0.263. The fourth-order valence-electron chi connectivity index (χ4n) is 3.09. The van der Waals surface area contributed by atoms with Crippen LogP contribution in [0.2, 0.25) is 0 Å². The van der Waals surface area contributed by atoms with E-state index in [0.717, 1.165) is 35.2 Å². The Morgan fingerprint density at radius 2 is 1.88 bits per heavy atom. The number of para-hydroxylation sites is 1. The molecule has 0 bridgehead atoms. The predicted octanol–water partition coefficient (Wildman–Crippen LogP) is 3.96. The molecule has 4 rings (SSSR count). The lowest BCUT2D eigenvalue weighted by Crippen LogP contribution is -2.25. The first kappa shape index (κ1) is 16.0. The Morgan fingerprint density at radius 3 is 2.68 bits per heavy atom. The summed E-state index contributed by atoms with van der Waals surface area (Å²) in [5, 5.41) is 13.8. The predicted molar refractivity (Wildman–Crippen MR) is 99.8 cm³/mol. The summed E-state index contributed by atoms with van der Waals surface area (Å²) < 4.78 is 13.0. The summed E-state index contributed by atoms with van der Waals surface area (Å²) in [7, 11) is 0. The Bertz CT molecular complexity index is 819. The smallest absolute Gasteiger partial charge is 0.205 e. The molecule has 2 aromatic carbocycles. The zero-order valence-electron chi connectivity index (χ0n) is 13.7. The monoisotopic (exact) mass is 354 g/mol. The maximum absolute atomic E-state index is 13.0. The van der Waals surface area contributed by atoms with E-state index in [4.69, 9.17) is 0 Å². The van der Waals surface area contributed by atoms with E-state index in [1.54, 1.807) is 23.5 Å². The van der Waals surface area contributed by atoms with Gasteiger partial charge in [-0.1, -0.05) is 41.7 Å². The molecule has 1 saturated heterocycles. The van der Waals surface area contributed by atoms with Gasteiger partial charge in [0.2, 0.25) is 5.13 Å². The Balaban J connectivity index is 1.35. The summed E-state index contributed by atoms with van der Waals surface area (Å²) in [6, 6.07) is 17.4. The van der Waals surface area contributed by atoms with Crippen LogP contribution in [-0.4, -0.2) is 29.3 Å². The number of aromatic nitrogens is 2. The second-order valence-electron chi connectivity index (χ2n) is 6.22. The van der Waals surface area contributed by atoms with E-state index in [1.165, 1.54) is 17.8 Å². The number of halogens is 1. The summed E-state index contributed by atoms with van der Waals surface area (Å²) >= 11 is 1.57. The standard InChI is InChI=1S/C19H19FN4S/c20-15-8-6-14(7-9-15)12-18-22-23-19(25-18)21-16-10-11-24(13-16)17-4-2-1-3-5-17/h1-9,16H,10-13H2,(H,21,23). The van der Waals surface area contributed by atoms with Crippen LogP contribution in [0.15, 0.2) is 54.6 Å². The minimum absolute atomic E-state index is 0.215.